The van der Waals surface area contributed by atoms with Gasteiger partial charge in [0.15, 0.2) is 4.80 Å². The van der Waals surface area contributed by atoms with Crippen LogP contribution in [0.15, 0.2) is 47.6 Å². The first kappa shape index (κ1) is 16.6. The van der Waals surface area contributed by atoms with E-state index in [9.17, 15) is 4.79 Å². The third kappa shape index (κ3) is 2.71. The molecule has 0 N–H and O–H groups in total. The Labute approximate surface area is 158 Å². The smallest absolute Gasteiger partial charge is 0.298 e. The summed E-state index contributed by atoms with van der Waals surface area (Å²) in [6, 6.07) is 11.1. The summed E-state index contributed by atoms with van der Waals surface area (Å²) in [6.45, 7) is 2.12. The van der Waals surface area contributed by atoms with Crippen molar-refractivity contribution in [2.45, 2.75) is 13.5 Å². The van der Waals surface area contributed by atoms with Crippen molar-refractivity contribution in [3.05, 3.63) is 63.8 Å². The number of benzene rings is 1. The number of fused-ring (bicyclic) bond motifs is 2. The summed E-state index contributed by atoms with van der Waals surface area (Å²) >= 11 is 7.46. The van der Waals surface area contributed by atoms with Crippen LogP contribution in [0, 0.1) is 19.3 Å². The summed E-state index contributed by atoms with van der Waals surface area (Å²) in [4.78, 5) is 22.2. The Kier molecular flexibility index (Phi) is 4.11. The van der Waals surface area contributed by atoms with Gasteiger partial charge in [0, 0.05) is 11.2 Å². The topological polar surface area (TPSA) is 51.7 Å². The van der Waals surface area contributed by atoms with Gasteiger partial charge in [0.25, 0.3) is 5.91 Å². The fourth-order valence-electron chi connectivity index (χ4n) is 2.89. The average molecular weight is 381 g/mol. The van der Waals surface area contributed by atoms with Crippen molar-refractivity contribution in [3.63, 3.8) is 0 Å². The normalized spacial score (nSPS) is 12.0. The summed E-state index contributed by atoms with van der Waals surface area (Å²) in [7, 11) is 0. The van der Waals surface area contributed by atoms with Crippen LogP contribution in [0.4, 0.5) is 0 Å². The van der Waals surface area contributed by atoms with E-state index in [-0.39, 0.29) is 5.91 Å². The maximum absolute atomic E-state index is 12.9. The van der Waals surface area contributed by atoms with Gasteiger partial charge >= 0.3 is 0 Å². The summed E-state index contributed by atoms with van der Waals surface area (Å²) in [5, 5.41) is 0.627. The predicted octanol–water partition coefficient (Wildman–Crippen LogP) is 3.69. The van der Waals surface area contributed by atoms with E-state index in [1.807, 2.05) is 34.9 Å². The van der Waals surface area contributed by atoms with Crippen LogP contribution in [0.25, 0.3) is 15.9 Å². The highest BCUT2D eigenvalue weighted by Crippen LogP contribution is 2.22. The molecule has 0 fully saturated rings. The number of imidazole rings is 1. The summed E-state index contributed by atoms with van der Waals surface area (Å²) in [5.41, 5.74) is 2.70. The molecule has 0 aliphatic carbocycles. The molecule has 4 aromatic rings. The third-order valence-electron chi connectivity index (χ3n) is 4.00. The van der Waals surface area contributed by atoms with Gasteiger partial charge in [-0.25, -0.2) is 4.98 Å². The molecule has 128 valence electrons. The first-order valence-corrected chi connectivity index (χ1v) is 9.03. The Bertz CT molecular complexity index is 1270. The number of terminal acetylenes is 1. The van der Waals surface area contributed by atoms with Crippen molar-refractivity contribution < 1.29 is 4.79 Å². The Morgan fingerprint density at radius 3 is 3.04 bits per heavy atom. The van der Waals surface area contributed by atoms with Gasteiger partial charge in [-0.05, 0) is 37.3 Å². The molecule has 26 heavy (non-hydrogen) atoms. The fourth-order valence-corrected chi connectivity index (χ4v) is 4.19. The number of nitrogens with zero attached hydrogens (tertiary/aromatic N) is 4. The van der Waals surface area contributed by atoms with Gasteiger partial charge in [0.05, 0.1) is 22.5 Å². The monoisotopic (exact) mass is 380 g/mol. The van der Waals surface area contributed by atoms with Gasteiger partial charge in [0.1, 0.15) is 11.3 Å². The molecule has 0 bridgehead atoms. The largest absolute Gasteiger partial charge is 0.305 e. The number of carbonyl (C=O) groups excluding carboxylic acids is 1. The van der Waals surface area contributed by atoms with Crippen LogP contribution in [-0.2, 0) is 6.54 Å². The molecule has 5 nitrogen and oxygen atoms in total. The van der Waals surface area contributed by atoms with Crippen LogP contribution in [-0.4, -0.2) is 19.9 Å². The van der Waals surface area contributed by atoms with Crippen molar-refractivity contribution in [1.82, 2.24) is 14.0 Å². The number of hydrogen-bond donors (Lipinski definition) is 0. The van der Waals surface area contributed by atoms with Crippen LogP contribution in [0.3, 0.4) is 0 Å². The number of amides is 1. The maximum Gasteiger partial charge on any atom is 0.298 e. The molecule has 1 aromatic carbocycles. The molecule has 0 spiro atoms. The number of pyridine rings is 1. The highest BCUT2D eigenvalue weighted by atomic mass is 35.5. The molecule has 0 unspecified atom stereocenters. The molecule has 3 aromatic heterocycles. The average Bonchev–Trinajstić information content (AvgIpc) is 3.11. The van der Waals surface area contributed by atoms with E-state index < -0.39 is 0 Å². The van der Waals surface area contributed by atoms with Crippen LogP contribution < -0.4 is 4.80 Å². The van der Waals surface area contributed by atoms with Gasteiger partial charge < -0.3 is 4.57 Å². The van der Waals surface area contributed by atoms with Crippen LogP contribution >= 0.6 is 22.9 Å². The van der Waals surface area contributed by atoms with Gasteiger partial charge in [-0.2, -0.15) is 4.99 Å². The standard InChI is InChI=1S/C19H13ClN4OS/c1-3-9-23-14-8-7-13(20)11-15(14)26-19(23)22-18(25)17-12(2)21-16-6-4-5-10-24(16)17/h1,4-8,10-11H,9H2,2H3. The zero-order valence-electron chi connectivity index (χ0n) is 13.8. The minimum atomic E-state index is -0.357. The fraction of sp³-hybridized carbons (Fsp3) is 0.105. The molecule has 0 atom stereocenters. The van der Waals surface area contributed by atoms with E-state index in [4.69, 9.17) is 18.0 Å². The van der Waals surface area contributed by atoms with Crippen molar-refractivity contribution in [3.8, 4) is 12.3 Å². The second-order valence-corrected chi connectivity index (χ2v) is 7.12. The molecular weight excluding hydrogens is 368 g/mol. The number of halogens is 1. The molecule has 4 rings (SSSR count). The Morgan fingerprint density at radius 1 is 1.38 bits per heavy atom. The van der Waals surface area contributed by atoms with E-state index in [0.717, 1.165) is 10.2 Å². The van der Waals surface area contributed by atoms with E-state index in [1.54, 1.807) is 23.6 Å². The van der Waals surface area contributed by atoms with Crippen LogP contribution in [0.2, 0.25) is 5.02 Å². The van der Waals surface area contributed by atoms with Gasteiger partial charge in [-0.1, -0.05) is 34.9 Å². The summed E-state index contributed by atoms with van der Waals surface area (Å²) in [6.07, 6.45) is 7.30. The highest BCUT2D eigenvalue weighted by molar-refractivity contribution is 7.16. The summed E-state index contributed by atoms with van der Waals surface area (Å²) < 4.78 is 4.51. The number of thiazole rings is 1. The number of aryl methyl sites for hydroxylation is 1. The molecule has 0 radical (unpaired) electrons. The second kappa shape index (κ2) is 6.45. The number of carbonyl (C=O) groups is 1. The van der Waals surface area contributed by atoms with Gasteiger partial charge in [0.2, 0.25) is 0 Å². The Morgan fingerprint density at radius 2 is 2.23 bits per heavy atom. The molecule has 0 saturated carbocycles. The van der Waals surface area contributed by atoms with Crippen molar-refractivity contribution in [2.24, 2.45) is 4.99 Å². The van der Waals surface area contributed by atoms with Gasteiger partial charge in [-0.15, -0.1) is 6.42 Å². The Balaban J connectivity index is 1.93. The maximum atomic E-state index is 12.9. The second-order valence-electron chi connectivity index (χ2n) is 5.68. The molecule has 3 heterocycles. The summed E-state index contributed by atoms with van der Waals surface area (Å²) in [5.74, 6) is 2.26. The first-order chi connectivity index (χ1) is 12.6. The predicted molar refractivity (Wildman–Crippen MR) is 103 cm³/mol. The van der Waals surface area contributed by atoms with E-state index in [1.165, 1.54) is 11.3 Å². The van der Waals surface area contributed by atoms with Crippen LogP contribution in [0.1, 0.15) is 16.2 Å². The molecule has 1 amide bonds. The van der Waals surface area contributed by atoms with Gasteiger partial charge in [-0.3, -0.25) is 9.20 Å². The van der Waals surface area contributed by atoms with Crippen molar-refractivity contribution in [1.29, 1.82) is 0 Å². The minimum absolute atomic E-state index is 0.319. The minimum Gasteiger partial charge on any atom is -0.305 e. The number of hydrogen-bond acceptors (Lipinski definition) is 3. The number of aromatic nitrogens is 3. The molecular formula is C19H13ClN4OS. The molecule has 0 saturated heterocycles. The highest BCUT2D eigenvalue weighted by Gasteiger charge is 2.16. The lowest BCUT2D eigenvalue weighted by Gasteiger charge is -2.00. The number of rotatable bonds is 2. The molecule has 0 aliphatic heterocycles. The van der Waals surface area contributed by atoms with E-state index in [0.29, 0.717) is 33.4 Å². The quantitative estimate of drug-likeness (QED) is 0.498. The molecule has 0 aliphatic rings. The zero-order chi connectivity index (χ0) is 18.3. The SMILES string of the molecule is C#CCn1c(=NC(=O)c2c(C)nc3ccccn23)sc2cc(Cl)ccc21. The first-order valence-electron chi connectivity index (χ1n) is 7.83. The van der Waals surface area contributed by atoms with E-state index >= 15 is 0 Å². The Hall–Kier alpha value is -2.88. The van der Waals surface area contributed by atoms with Crippen LogP contribution in [0.5, 0.6) is 0 Å². The lowest BCUT2D eigenvalue weighted by atomic mass is 10.3. The third-order valence-corrected chi connectivity index (χ3v) is 5.27. The zero-order valence-corrected chi connectivity index (χ0v) is 15.4. The molecule has 7 heteroatoms. The van der Waals surface area contributed by atoms with E-state index in [2.05, 4.69) is 15.9 Å². The lowest BCUT2D eigenvalue weighted by molar-refractivity contribution is 0.0991. The van der Waals surface area contributed by atoms with Crippen molar-refractivity contribution in [2.75, 3.05) is 0 Å². The van der Waals surface area contributed by atoms with Crippen molar-refractivity contribution >= 4 is 44.7 Å². The lowest BCUT2D eigenvalue weighted by Crippen LogP contribution is -2.17.